The Morgan fingerprint density at radius 1 is 0.442 bits per heavy atom. The van der Waals surface area contributed by atoms with E-state index in [1.165, 1.54) is 5.56 Å². The molecule has 2 heterocycles. The molecule has 0 bridgehead atoms. The highest BCUT2D eigenvalue weighted by Crippen LogP contribution is 2.36. The van der Waals surface area contributed by atoms with Crippen LogP contribution in [0.3, 0.4) is 0 Å². The third-order valence-corrected chi connectivity index (χ3v) is 10.7. The van der Waals surface area contributed by atoms with E-state index in [0.29, 0.717) is 38.3 Å². The van der Waals surface area contributed by atoms with Gasteiger partial charge in [0.05, 0.1) is 45.2 Å². The zero-order valence-electron chi connectivity index (χ0n) is 31.5. The largest absolute Gasteiger partial charge is 0.394 e. The molecule has 0 radical (unpaired) electrons. The van der Waals surface area contributed by atoms with Gasteiger partial charge >= 0.3 is 0 Å². The van der Waals surface area contributed by atoms with Crippen LogP contribution < -0.4 is 0 Å². The Labute approximate surface area is 311 Å². The van der Waals surface area contributed by atoms with Crippen LogP contribution in [0.1, 0.15) is 63.3 Å². The van der Waals surface area contributed by atoms with Gasteiger partial charge in [-0.1, -0.05) is 156 Å². The molecule has 2 aliphatic rings. The Balaban J connectivity index is 0.000000201. The number of hydrogen-bond acceptors (Lipinski definition) is 7. The lowest BCUT2D eigenvalue weighted by Gasteiger charge is -2.44. The van der Waals surface area contributed by atoms with Crippen molar-refractivity contribution in [3.63, 3.8) is 0 Å². The minimum Gasteiger partial charge on any atom is -0.394 e. The van der Waals surface area contributed by atoms with E-state index in [1.54, 1.807) is 0 Å². The van der Waals surface area contributed by atoms with Crippen LogP contribution in [0, 0.1) is 23.7 Å². The van der Waals surface area contributed by atoms with Crippen molar-refractivity contribution in [1.82, 2.24) is 0 Å². The number of aliphatic hydroxyl groups is 1. The molecule has 2 saturated heterocycles. The van der Waals surface area contributed by atoms with Crippen LogP contribution in [-0.4, -0.2) is 48.7 Å². The minimum absolute atomic E-state index is 0.0118. The highest BCUT2D eigenvalue weighted by Gasteiger charge is 2.43. The number of aliphatic hydroxyl groups excluding tert-OH is 1. The molecule has 2 fully saturated rings. The van der Waals surface area contributed by atoms with Gasteiger partial charge in [0.1, 0.15) is 12.2 Å². The van der Waals surface area contributed by atoms with Crippen LogP contribution >= 0.6 is 0 Å². The van der Waals surface area contributed by atoms with Crippen LogP contribution in [0.25, 0.3) is 0 Å². The molecule has 0 saturated carbocycles. The summed E-state index contributed by atoms with van der Waals surface area (Å²) in [5.74, 6) is 1.22. The van der Waals surface area contributed by atoms with Gasteiger partial charge < -0.3 is 33.5 Å². The van der Waals surface area contributed by atoms with Gasteiger partial charge in [-0.15, -0.1) is 0 Å². The molecule has 4 aromatic rings. The second-order valence-corrected chi connectivity index (χ2v) is 14.2. The molecule has 0 spiro atoms. The van der Waals surface area contributed by atoms with Crippen molar-refractivity contribution in [2.24, 2.45) is 23.7 Å². The van der Waals surface area contributed by atoms with Crippen molar-refractivity contribution in [3.8, 4) is 0 Å². The molecule has 6 rings (SSSR count). The molecule has 7 nitrogen and oxygen atoms in total. The number of ether oxygens (including phenoxy) is 6. The first kappa shape index (κ1) is 39.8. The maximum Gasteiger partial charge on any atom is 0.184 e. The molecule has 52 heavy (non-hydrogen) atoms. The Morgan fingerprint density at radius 2 is 0.750 bits per heavy atom. The van der Waals surface area contributed by atoms with Crippen LogP contribution in [0.15, 0.2) is 121 Å². The predicted molar refractivity (Wildman–Crippen MR) is 204 cm³/mol. The smallest absolute Gasteiger partial charge is 0.184 e. The second-order valence-electron chi connectivity index (χ2n) is 14.2. The molecule has 4 aromatic carbocycles. The van der Waals surface area contributed by atoms with E-state index in [-0.39, 0.29) is 49.1 Å². The monoisotopic (exact) mass is 710 g/mol. The second kappa shape index (κ2) is 20.7. The SMILES string of the molecule is CCC1OC(OCc2ccccc2)C(OCc2ccccc2)[C@@H](C)[C@H]1C.C[C@@H]1C(OCc2ccccc2)C(OCc2ccccc2)OC(CO)[C@@H]1C. The first-order valence-corrected chi connectivity index (χ1v) is 18.9. The zero-order valence-corrected chi connectivity index (χ0v) is 31.5. The third kappa shape index (κ3) is 11.3. The first-order chi connectivity index (χ1) is 25.4. The molecular formula is C45H58O7. The van der Waals surface area contributed by atoms with Gasteiger partial charge in [0.2, 0.25) is 0 Å². The minimum atomic E-state index is -0.498. The van der Waals surface area contributed by atoms with Crippen molar-refractivity contribution in [2.75, 3.05) is 6.61 Å². The van der Waals surface area contributed by atoms with Gasteiger partial charge in [-0.3, -0.25) is 0 Å². The molecule has 10 atom stereocenters. The van der Waals surface area contributed by atoms with E-state index in [2.05, 4.69) is 58.9 Å². The van der Waals surface area contributed by atoms with E-state index in [9.17, 15) is 5.11 Å². The van der Waals surface area contributed by atoms with E-state index < -0.39 is 6.29 Å². The van der Waals surface area contributed by atoms with Gasteiger partial charge in [-0.05, 0) is 52.3 Å². The highest BCUT2D eigenvalue weighted by atomic mass is 16.7. The van der Waals surface area contributed by atoms with E-state index in [0.717, 1.165) is 23.1 Å². The lowest BCUT2D eigenvalue weighted by Crippen LogP contribution is -2.52. The molecule has 0 amide bonds. The molecular weight excluding hydrogens is 652 g/mol. The number of benzene rings is 4. The Morgan fingerprint density at radius 3 is 1.08 bits per heavy atom. The van der Waals surface area contributed by atoms with Gasteiger partial charge in [-0.25, -0.2) is 0 Å². The summed E-state index contributed by atoms with van der Waals surface area (Å²) in [5, 5.41) is 9.66. The fraction of sp³-hybridized carbons (Fsp3) is 0.467. The Hall–Kier alpha value is -3.40. The lowest BCUT2D eigenvalue weighted by molar-refractivity contribution is -0.290. The van der Waals surface area contributed by atoms with Crippen molar-refractivity contribution in [3.05, 3.63) is 144 Å². The summed E-state index contributed by atoms with van der Waals surface area (Å²) < 4.78 is 37.1. The quantitative estimate of drug-likeness (QED) is 0.140. The van der Waals surface area contributed by atoms with Gasteiger partial charge in [0, 0.05) is 0 Å². The normalized spacial score (nSPS) is 28.8. The average molecular weight is 711 g/mol. The fourth-order valence-electron chi connectivity index (χ4n) is 6.96. The van der Waals surface area contributed by atoms with E-state index in [4.69, 9.17) is 28.4 Å². The molecule has 6 unspecified atom stereocenters. The predicted octanol–water partition coefficient (Wildman–Crippen LogP) is 8.97. The standard InChI is InChI=1S/C23H30O3.C22H28O4/c1-4-21-17(2)18(3)22(24-15-19-11-7-5-8-12-19)23(26-21)25-16-20-13-9-6-10-14-20;1-16-17(2)21(24-14-18-9-5-3-6-10-18)22(26-20(16)13-23)25-15-19-11-7-4-8-12-19/h5-14,17-18,21-23H,4,15-16H2,1-3H3;3-12,16-17,20-23H,13-15H2,1-2H3/t17-,18+,21?,22?,23?;16-,17+,20?,21?,22?/m11/s1. The molecule has 0 aromatic heterocycles. The summed E-state index contributed by atoms with van der Waals surface area (Å²) in [4.78, 5) is 0. The van der Waals surface area contributed by atoms with Crippen LogP contribution in [0.2, 0.25) is 0 Å². The maximum absolute atomic E-state index is 9.66. The summed E-state index contributed by atoms with van der Waals surface area (Å²) in [6.45, 7) is 13.0. The molecule has 1 N–H and O–H groups in total. The van der Waals surface area contributed by atoms with Gasteiger partial charge in [-0.2, -0.15) is 0 Å². The topological polar surface area (TPSA) is 75.6 Å². The summed E-state index contributed by atoms with van der Waals surface area (Å²) in [6, 6.07) is 40.6. The van der Waals surface area contributed by atoms with Crippen molar-refractivity contribution < 1.29 is 33.5 Å². The van der Waals surface area contributed by atoms with Crippen LogP contribution in [-0.2, 0) is 54.8 Å². The molecule has 0 aliphatic carbocycles. The summed E-state index contributed by atoms with van der Waals surface area (Å²) in [6.07, 6.45) is -0.127. The van der Waals surface area contributed by atoms with Gasteiger partial charge in [0.25, 0.3) is 0 Å². The van der Waals surface area contributed by atoms with Crippen molar-refractivity contribution in [2.45, 2.75) is 104 Å². The number of rotatable bonds is 14. The highest BCUT2D eigenvalue weighted by molar-refractivity contribution is 5.16. The molecule has 280 valence electrons. The lowest BCUT2D eigenvalue weighted by atomic mass is 9.82. The first-order valence-electron chi connectivity index (χ1n) is 18.9. The zero-order chi connectivity index (χ0) is 36.7. The summed E-state index contributed by atoms with van der Waals surface area (Å²) in [5.41, 5.74) is 4.53. The van der Waals surface area contributed by atoms with E-state index in [1.807, 2.05) is 97.1 Å². The average Bonchev–Trinajstić information content (AvgIpc) is 3.19. The summed E-state index contributed by atoms with van der Waals surface area (Å²) >= 11 is 0. The van der Waals surface area contributed by atoms with Crippen LogP contribution in [0.5, 0.6) is 0 Å². The van der Waals surface area contributed by atoms with E-state index >= 15 is 0 Å². The molecule has 7 heteroatoms. The number of hydrogen-bond donors (Lipinski definition) is 1. The Bertz CT molecular complexity index is 1410. The van der Waals surface area contributed by atoms with Crippen LogP contribution in [0.4, 0.5) is 0 Å². The van der Waals surface area contributed by atoms with Gasteiger partial charge in [0.15, 0.2) is 12.6 Å². The maximum atomic E-state index is 9.66. The van der Waals surface area contributed by atoms with Crippen molar-refractivity contribution >= 4 is 0 Å². The van der Waals surface area contributed by atoms with Crippen molar-refractivity contribution in [1.29, 1.82) is 0 Å². The molecule has 2 aliphatic heterocycles. The fourth-order valence-corrected chi connectivity index (χ4v) is 6.96. The Kier molecular flexibility index (Phi) is 15.9. The summed E-state index contributed by atoms with van der Waals surface area (Å²) in [7, 11) is 0. The third-order valence-electron chi connectivity index (χ3n) is 10.7.